The van der Waals surface area contributed by atoms with Gasteiger partial charge in [-0.25, -0.2) is 0 Å². The average Bonchev–Trinajstić information content (AvgIpc) is 2.98. The van der Waals surface area contributed by atoms with E-state index in [9.17, 15) is 19.5 Å². The molecule has 27 heavy (non-hydrogen) atoms. The van der Waals surface area contributed by atoms with Crippen LogP contribution in [0.4, 0.5) is 0 Å². The van der Waals surface area contributed by atoms with Gasteiger partial charge in [0.25, 0.3) is 0 Å². The van der Waals surface area contributed by atoms with Crippen LogP contribution in [0.2, 0.25) is 0 Å². The molecule has 0 bridgehead atoms. The smallest absolute Gasteiger partial charge is 0.325 e. The number of aryl methyl sites for hydroxylation is 1. The average molecular weight is 438 g/mol. The second kappa shape index (κ2) is 8.10. The minimum absolute atomic E-state index is 0.0501. The van der Waals surface area contributed by atoms with Gasteiger partial charge in [-0.2, -0.15) is 0 Å². The van der Waals surface area contributed by atoms with E-state index in [1.165, 1.54) is 0 Å². The van der Waals surface area contributed by atoms with Gasteiger partial charge in [0, 0.05) is 59.9 Å². The topological polar surface area (TPSA) is 103 Å². The summed E-state index contributed by atoms with van der Waals surface area (Å²) in [5.74, 6) is -1.87. The van der Waals surface area contributed by atoms with Gasteiger partial charge in [0.15, 0.2) is 0 Å². The van der Waals surface area contributed by atoms with E-state index in [-0.39, 0.29) is 13.0 Å². The van der Waals surface area contributed by atoms with Crippen LogP contribution < -0.4 is 0 Å². The van der Waals surface area contributed by atoms with Crippen molar-refractivity contribution in [2.24, 2.45) is 0 Å². The van der Waals surface area contributed by atoms with Crippen molar-refractivity contribution in [3.05, 3.63) is 34.4 Å². The highest BCUT2D eigenvalue weighted by molar-refractivity contribution is 9.10. The van der Waals surface area contributed by atoms with Crippen LogP contribution in [0.15, 0.2) is 28.9 Å². The molecule has 2 heterocycles. The van der Waals surface area contributed by atoms with E-state index < -0.39 is 18.0 Å². The Morgan fingerprint density at radius 1 is 1.19 bits per heavy atom. The highest BCUT2D eigenvalue weighted by Crippen LogP contribution is 2.33. The molecule has 2 aromatic rings. The fourth-order valence-electron chi connectivity index (χ4n) is 3.50. The van der Waals surface area contributed by atoms with Crippen molar-refractivity contribution in [3.63, 3.8) is 0 Å². The summed E-state index contributed by atoms with van der Waals surface area (Å²) >= 11 is 3.42. The highest BCUT2D eigenvalue weighted by atomic mass is 79.9. The first-order chi connectivity index (χ1) is 12.9. The van der Waals surface area contributed by atoms with Gasteiger partial charge in [-0.1, -0.05) is 22.0 Å². The van der Waals surface area contributed by atoms with Gasteiger partial charge < -0.3 is 19.7 Å². The number of benzene rings is 1. The lowest BCUT2D eigenvalue weighted by atomic mass is 10.0. The summed E-state index contributed by atoms with van der Waals surface area (Å²) in [6.45, 7) is 2.16. The fourth-order valence-corrected chi connectivity index (χ4v) is 3.85. The minimum atomic E-state index is -0.963. The van der Waals surface area contributed by atoms with Crippen LogP contribution in [-0.2, 0) is 20.9 Å². The minimum Gasteiger partial charge on any atom is -0.481 e. The second-order valence-corrected chi connectivity index (χ2v) is 7.42. The van der Waals surface area contributed by atoms with Crippen LogP contribution in [0.5, 0.6) is 0 Å². The predicted molar refractivity (Wildman–Crippen MR) is 101 cm³/mol. The summed E-state index contributed by atoms with van der Waals surface area (Å²) in [5.41, 5.74) is 1.42. The molecule has 1 saturated heterocycles. The summed E-state index contributed by atoms with van der Waals surface area (Å²) in [6, 6.07) is 4.71. The summed E-state index contributed by atoms with van der Waals surface area (Å²) < 4.78 is 2.63. The highest BCUT2D eigenvalue weighted by Gasteiger charge is 2.32. The molecule has 1 aliphatic rings. The van der Waals surface area contributed by atoms with Crippen molar-refractivity contribution in [3.8, 4) is 0 Å². The van der Waals surface area contributed by atoms with Crippen LogP contribution in [0.3, 0.4) is 0 Å². The van der Waals surface area contributed by atoms with E-state index in [1.54, 1.807) is 15.7 Å². The monoisotopic (exact) mass is 437 g/mol. The molecule has 0 radical (unpaired) electrons. The standard InChI is InChI=1S/C18H20BrN3O5/c19-12-1-2-13-14(10-22(15(13)9-12)4-3-16(24)25)17(18(26)27)21-7-5-20(11-23)6-8-21/h1-2,9-11,17H,3-8H2,(H,24,25)(H,26,27)/t17-/m0/s1. The zero-order valence-electron chi connectivity index (χ0n) is 14.5. The van der Waals surface area contributed by atoms with Gasteiger partial charge in [0.1, 0.15) is 6.04 Å². The molecule has 1 aliphatic heterocycles. The van der Waals surface area contributed by atoms with Crippen LogP contribution in [0, 0.1) is 0 Å². The zero-order valence-corrected chi connectivity index (χ0v) is 16.1. The first kappa shape index (κ1) is 19.4. The zero-order chi connectivity index (χ0) is 19.6. The van der Waals surface area contributed by atoms with E-state index in [2.05, 4.69) is 15.9 Å². The third kappa shape index (κ3) is 4.14. The molecule has 1 fully saturated rings. The quantitative estimate of drug-likeness (QED) is 0.639. The number of halogens is 1. The number of carbonyl (C=O) groups excluding carboxylic acids is 1. The Labute approximate surface area is 164 Å². The summed E-state index contributed by atoms with van der Waals surface area (Å²) in [4.78, 5) is 37.5. The van der Waals surface area contributed by atoms with Crippen LogP contribution in [-0.4, -0.2) is 69.1 Å². The van der Waals surface area contributed by atoms with Crippen LogP contribution in [0.1, 0.15) is 18.0 Å². The number of amides is 1. The molecule has 3 rings (SSSR count). The molecule has 144 valence electrons. The van der Waals surface area contributed by atoms with E-state index >= 15 is 0 Å². The van der Waals surface area contributed by atoms with Gasteiger partial charge in [-0.15, -0.1) is 0 Å². The van der Waals surface area contributed by atoms with Gasteiger partial charge in [-0.05, 0) is 12.1 Å². The van der Waals surface area contributed by atoms with E-state index in [0.717, 1.165) is 21.8 Å². The Hall–Kier alpha value is -2.39. The van der Waals surface area contributed by atoms with E-state index in [1.807, 2.05) is 23.1 Å². The summed E-state index contributed by atoms with van der Waals surface area (Å²) in [5, 5.41) is 19.7. The summed E-state index contributed by atoms with van der Waals surface area (Å²) in [7, 11) is 0. The molecule has 1 aromatic carbocycles. The molecular weight excluding hydrogens is 418 g/mol. The molecule has 1 atom stereocenters. The molecule has 0 spiro atoms. The number of hydrogen-bond acceptors (Lipinski definition) is 4. The van der Waals surface area contributed by atoms with Crippen LogP contribution in [0.25, 0.3) is 10.9 Å². The van der Waals surface area contributed by atoms with Crippen molar-refractivity contribution in [2.75, 3.05) is 26.2 Å². The number of rotatable bonds is 7. The van der Waals surface area contributed by atoms with Crippen LogP contribution >= 0.6 is 15.9 Å². The lowest BCUT2D eigenvalue weighted by Crippen LogP contribution is -2.48. The van der Waals surface area contributed by atoms with Gasteiger partial charge >= 0.3 is 11.9 Å². The lowest BCUT2D eigenvalue weighted by Gasteiger charge is -2.36. The number of fused-ring (bicyclic) bond motifs is 1. The number of carboxylic acid groups (broad SMARTS) is 2. The second-order valence-electron chi connectivity index (χ2n) is 6.50. The Morgan fingerprint density at radius 2 is 1.89 bits per heavy atom. The Balaban J connectivity index is 2.00. The number of hydrogen-bond donors (Lipinski definition) is 2. The first-order valence-corrected chi connectivity index (χ1v) is 9.36. The Bertz CT molecular complexity index is 873. The number of piperazine rings is 1. The number of nitrogens with zero attached hydrogens (tertiary/aromatic N) is 3. The third-order valence-corrected chi connectivity index (χ3v) is 5.33. The molecule has 0 unspecified atom stereocenters. The molecule has 9 heteroatoms. The molecule has 1 aromatic heterocycles. The maximum atomic E-state index is 12.1. The third-order valence-electron chi connectivity index (χ3n) is 4.83. The van der Waals surface area contributed by atoms with E-state index in [4.69, 9.17) is 5.11 Å². The van der Waals surface area contributed by atoms with Crippen molar-refractivity contribution in [2.45, 2.75) is 19.0 Å². The number of aromatic nitrogens is 1. The predicted octanol–water partition coefficient (Wildman–Crippen LogP) is 1.78. The molecular formula is C18H20BrN3O5. The lowest BCUT2D eigenvalue weighted by molar-refractivity contribution is -0.144. The van der Waals surface area contributed by atoms with Crippen molar-refractivity contribution in [1.29, 1.82) is 0 Å². The number of aliphatic carboxylic acids is 2. The normalized spacial score (nSPS) is 16.4. The Morgan fingerprint density at radius 3 is 2.48 bits per heavy atom. The molecule has 8 nitrogen and oxygen atoms in total. The van der Waals surface area contributed by atoms with Gasteiger partial charge in [0.05, 0.1) is 6.42 Å². The first-order valence-electron chi connectivity index (χ1n) is 8.57. The summed E-state index contributed by atoms with van der Waals surface area (Å²) in [6.07, 6.45) is 2.47. The van der Waals surface area contributed by atoms with Crippen molar-refractivity contribution < 1.29 is 24.6 Å². The van der Waals surface area contributed by atoms with Crippen molar-refractivity contribution in [1.82, 2.24) is 14.4 Å². The molecule has 2 N–H and O–H groups in total. The largest absolute Gasteiger partial charge is 0.481 e. The Kier molecular flexibility index (Phi) is 5.81. The maximum Gasteiger partial charge on any atom is 0.325 e. The van der Waals surface area contributed by atoms with Gasteiger partial charge in [0.2, 0.25) is 6.41 Å². The molecule has 1 amide bonds. The molecule has 0 aliphatic carbocycles. The number of carboxylic acids is 2. The SMILES string of the molecule is O=CN1CCN([C@H](C(=O)O)c2cn(CCC(=O)O)c3cc(Br)ccc23)CC1. The molecule has 0 saturated carbocycles. The number of carbonyl (C=O) groups is 3. The van der Waals surface area contributed by atoms with Crippen molar-refractivity contribution >= 4 is 45.2 Å². The fraction of sp³-hybridized carbons (Fsp3) is 0.389. The maximum absolute atomic E-state index is 12.1. The van der Waals surface area contributed by atoms with E-state index in [0.29, 0.717) is 31.7 Å². The van der Waals surface area contributed by atoms with Gasteiger partial charge in [-0.3, -0.25) is 19.3 Å².